The lowest BCUT2D eigenvalue weighted by molar-refractivity contribution is -0.150. The van der Waals surface area contributed by atoms with Gasteiger partial charge in [-0.25, -0.2) is 4.39 Å². The van der Waals surface area contributed by atoms with E-state index in [1.807, 2.05) is 13.8 Å². The average molecular weight is 364 g/mol. The summed E-state index contributed by atoms with van der Waals surface area (Å²) in [6.45, 7) is 3.61. The topological polar surface area (TPSA) is 74.6 Å². The van der Waals surface area contributed by atoms with E-state index < -0.39 is 24.3 Å². The maximum Gasteiger partial charge on any atom is 0.161 e. The second-order valence-corrected chi connectivity index (χ2v) is 9.51. The maximum atomic E-state index is 15.1. The number of halogens is 1. The fourth-order valence-corrected chi connectivity index (χ4v) is 7.33. The Morgan fingerprint density at radius 2 is 2.08 bits per heavy atom. The van der Waals surface area contributed by atoms with Crippen LogP contribution in [0.1, 0.15) is 52.4 Å². The fourth-order valence-electron chi connectivity index (χ4n) is 7.33. The van der Waals surface area contributed by atoms with Crippen LogP contribution >= 0.6 is 0 Å². The van der Waals surface area contributed by atoms with Crippen molar-refractivity contribution in [2.24, 2.45) is 34.5 Å². The molecule has 0 aromatic heterocycles. The highest BCUT2D eigenvalue weighted by Crippen LogP contribution is 2.66. The third kappa shape index (κ3) is 2.32. The van der Waals surface area contributed by atoms with Gasteiger partial charge in [-0.1, -0.05) is 13.8 Å². The highest BCUT2D eigenvalue weighted by atomic mass is 19.1. The summed E-state index contributed by atoms with van der Waals surface area (Å²) in [6.07, 6.45) is 3.16. The SMILES string of the molecule is CC12CC(O)[C@H]3C(C[C@H](F)C4=CC(=O)CCC43C)C1CCC2C(=O)CO. The Morgan fingerprint density at radius 3 is 2.77 bits per heavy atom. The Balaban J connectivity index is 1.74. The molecule has 3 saturated carbocycles. The summed E-state index contributed by atoms with van der Waals surface area (Å²) in [6, 6.07) is 0. The van der Waals surface area contributed by atoms with Gasteiger partial charge in [-0.2, -0.15) is 0 Å². The minimum atomic E-state index is -1.15. The molecule has 0 amide bonds. The smallest absolute Gasteiger partial charge is 0.161 e. The Hall–Kier alpha value is -1.07. The maximum absolute atomic E-state index is 15.1. The van der Waals surface area contributed by atoms with Crippen LogP contribution in [0.3, 0.4) is 0 Å². The largest absolute Gasteiger partial charge is 0.393 e. The van der Waals surface area contributed by atoms with Crippen LogP contribution in [-0.2, 0) is 9.59 Å². The standard InChI is InChI=1S/C21H29FO4/c1-20-6-5-11(24)7-15(20)16(22)8-12-13-3-4-14(18(26)10-23)21(13,2)9-17(25)19(12)20/h7,12-14,16-17,19,23,25H,3-6,8-10H2,1-2H3/t12?,13?,14?,16-,17?,19+,20?,21?/m0/s1. The highest BCUT2D eigenvalue weighted by Gasteiger charge is 2.64. The van der Waals surface area contributed by atoms with Gasteiger partial charge in [0.2, 0.25) is 0 Å². The van der Waals surface area contributed by atoms with Crippen LogP contribution in [0.5, 0.6) is 0 Å². The Bertz CT molecular complexity index is 673. The van der Waals surface area contributed by atoms with Crippen molar-refractivity contribution in [3.63, 3.8) is 0 Å². The number of hydrogen-bond donors (Lipinski definition) is 2. The number of allylic oxidation sites excluding steroid dienone is 1. The van der Waals surface area contributed by atoms with Crippen LogP contribution in [0.2, 0.25) is 0 Å². The molecule has 4 aliphatic rings. The molecule has 0 aromatic carbocycles. The number of rotatable bonds is 2. The second-order valence-electron chi connectivity index (χ2n) is 9.51. The number of fused-ring (bicyclic) bond motifs is 5. The minimum Gasteiger partial charge on any atom is -0.393 e. The lowest BCUT2D eigenvalue weighted by Crippen LogP contribution is -2.59. The first-order chi connectivity index (χ1) is 12.2. The van der Waals surface area contributed by atoms with Crippen LogP contribution in [0.25, 0.3) is 0 Å². The van der Waals surface area contributed by atoms with Crippen LogP contribution in [0, 0.1) is 34.5 Å². The van der Waals surface area contributed by atoms with E-state index in [2.05, 4.69) is 0 Å². The molecular formula is C21H29FO4. The van der Waals surface area contributed by atoms with Crippen molar-refractivity contribution in [1.82, 2.24) is 0 Å². The zero-order valence-electron chi connectivity index (χ0n) is 15.6. The molecule has 2 N–H and O–H groups in total. The Morgan fingerprint density at radius 1 is 1.35 bits per heavy atom. The van der Waals surface area contributed by atoms with E-state index in [4.69, 9.17) is 0 Å². The van der Waals surface area contributed by atoms with Gasteiger partial charge in [0.25, 0.3) is 0 Å². The number of Topliss-reactive ketones (excluding diaryl/α,β-unsaturated/α-hetero) is 1. The summed E-state index contributed by atoms with van der Waals surface area (Å²) >= 11 is 0. The summed E-state index contributed by atoms with van der Waals surface area (Å²) in [5.41, 5.74) is -0.267. The van der Waals surface area contributed by atoms with Gasteiger partial charge >= 0.3 is 0 Å². The monoisotopic (exact) mass is 364 g/mol. The number of carbonyl (C=O) groups excluding carboxylic acids is 2. The van der Waals surface area contributed by atoms with E-state index in [0.29, 0.717) is 37.7 Å². The van der Waals surface area contributed by atoms with E-state index in [9.17, 15) is 19.8 Å². The number of aliphatic hydroxyl groups excluding tert-OH is 2. The van der Waals surface area contributed by atoms with Crippen LogP contribution in [0.4, 0.5) is 4.39 Å². The van der Waals surface area contributed by atoms with E-state index >= 15 is 4.39 Å². The lowest BCUT2D eigenvalue weighted by Gasteiger charge is -2.60. The first-order valence-corrected chi connectivity index (χ1v) is 9.93. The lowest BCUT2D eigenvalue weighted by atomic mass is 9.45. The molecule has 0 spiro atoms. The molecule has 3 fully saturated rings. The summed E-state index contributed by atoms with van der Waals surface area (Å²) < 4.78 is 15.1. The number of hydrogen-bond acceptors (Lipinski definition) is 4. The molecule has 5 heteroatoms. The quantitative estimate of drug-likeness (QED) is 0.790. The first-order valence-electron chi connectivity index (χ1n) is 9.93. The molecule has 4 nitrogen and oxygen atoms in total. The third-order valence-electron chi connectivity index (χ3n) is 8.41. The van der Waals surface area contributed by atoms with Crippen molar-refractivity contribution in [2.45, 2.75) is 64.6 Å². The van der Waals surface area contributed by atoms with Crippen molar-refractivity contribution < 1.29 is 24.2 Å². The van der Waals surface area contributed by atoms with Gasteiger partial charge in [-0.3, -0.25) is 9.59 Å². The minimum absolute atomic E-state index is 0.0109. The zero-order valence-corrected chi connectivity index (χ0v) is 15.6. The molecule has 8 atom stereocenters. The van der Waals surface area contributed by atoms with Gasteiger partial charge in [0.05, 0.1) is 6.10 Å². The van der Waals surface area contributed by atoms with Crippen LogP contribution < -0.4 is 0 Å². The molecule has 26 heavy (non-hydrogen) atoms. The molecule has 0 radical (unpaired) electrons. The Labute approximate surface area is 153 Å². The van der Waals surface area contributed by atoms with Crippen molar-refractivity contribution in [1.29, 1.82) is 0 Å². The first kappa shape index (κ1) is 18.3. The van der Waals surface area contributed by atoms with E-state index in [-0.39, 0.29) is 40.7 Å². The highest BCUT2D eigenvalue weighted by molar-refractivity contribution is 5.92. The number of alkyl halides is 1. The van der Waals surface area contributed by atoms with Crippen molar-refractivity contribution >= 4 is 11.6 Å². The van der Waals surface area contributed by atoms with Crippen molar-refractivity contribution in [3.05, 3.63) is 11.6 Å². The Kier molecular flexibility index (Phi) is 4.20. The van der Waals surface area contributed by atoms with E-state index in [1.165, 1.54) is 6.08 Å². The normalized spacial score (nSPS) is 50.5. The third-order valence-corrected chi connectivity index (χ3v) is 8.41. The van der Waals surface area contributed by atoms with Gasteiger partial charge in [0, 0.05) is 12.3 Å². The van der Waals surface area contributed by atoms with Gasteiger partial charge < -0.3 is 10.2 Å². The van der Waals surface area contributed by atoms with Crippen molar-refractivity contribution in [2.75, 3.05) is 6.61 Å². The van der Waals surface area contributed by atoms with Gasteiger partial charge in [-0.05, 0) is 72.3 Å². The molecule has 0 aliphatic heterocycles. The number of aliphatic hydroxyl groups is 2. The average Bonchev–Trinajstić information content (AvgIpc) is 2.92. The molecule has 6 unspecified atom stereocenters. The summed E-state index contributed by atoms with van der Waals surface area (Å²) in [5, 5.41) is 20.5. The van der Waals surface area contributed by atoms with Gasteiger partial charge in [0.1, 0.15) is 12.8 Å². The number of ketones is 2. The van der Waals surface area contributed by atoms with E-state index in [1.54, 1.807) is 0 Å². The molecule has 4 rings (SSSR count). The predicted molar refractivity (Wildman–Crippen MR) is 94.0 cm³/mol. The van der Waals surface area contributed by atoms with Crippen molar-refractivity contribution in [3.8, 4) is 0 Å². The summed E-state index contributed by atoms with van der Waals surface area (Å²) in [4.78, 5) is 24.1. The molecule has 0 bridgehead atoms. The van der Waals surface area contributed by atoms with Gasteiger partial charge in [-0.15, -0.1) is 0 Å². The summed E-state index contributed by atoms with van der Waals surface area (Å²) in [7, 11) is 0. The molecule has 0 heterocycles. The molecule has 0 aromatic rings. The number of carbonyl (C=O) groups is 2. The molecule has 144 valence electrons. The van der Waals surface area contributed by atoms with Gasteiger partial charge in [0.15, 0.2) is 11.6 Å². The molecule has 0 saturated heterocycles. The molecule has 4 aliphatic carbocycles. The zero-order chi connectivity index (χ0) is 18.9. The second kappa shape index (κ2) is 5.96. The fraction of sp³-hybridized carbons (Fsp3) is 0.810. The predicted octanol–water partition coefficient (Wildman–Crippen LogP) is 2.61. The van der Waals surface area contributed by atoms with Crippen LogP contribution in [-0.4, -0.2) is 40.7 Å². The molecular weight excluding hydrogens is 335 g/mol. The van der Waals surface area contributed by atoms with Crippen LogP contribution in [0.15, 0.2) is 11.6 Å². The summed E-state index contributed by atoms with van der Waals surface area (Å²) in [5.74, 6) is -0.263. The van der Waals surface area contributed by atoms with E-state index in [0.717, 1.165) is 6.42 Å².